The van der Waals surface area contributed by atoms with Gasteiger partial charge in [0.2, 0.25) is 0 Å². The third kappa shape index (κ3) is 1.42. The molecule has 76 valence electrons. The molecule has 4 nitrogen and oxygen atoms in total. The number of carbonyl (C=O) groups excluding carboxylic acids is 1. The van der Waals surface area contributed by atoms with Gasteiger partial charge in [-0.15, -0.1) is 0 Å². The van der Waals surface area contributed by atoms with Crippen LogP contribution in [0.25, 0.3) is 5.65 Å². The van der Waals surface area contributed by atoms with Gasteiger partial charge in [-0.3, -0.25) is 4.79 Å². The molecule has 0 bridgehead atoms. The average Bonchev–Trinajstić information content (AvgIpc) is 2.97. The first kappa shape index (κ1) is 8.59. The van der Waals surface area contributed by atoms with Gasteiger partial charge in [0.25, 0.3) is 0 Å². The van der Waals surface area contributed by atoms with E-state index in [9.17, 15) is 4.79 Å². The molecular weight excluding hydrogens is 190 g/mol. The van der Waals surface area contributed by atoms with E-state index < -0.39 is 0 Å². The fraction of sp³-hybridized carbons (Fsp3) is 0.364. The predicted octanol–water partition coefficient (Wildman–Crippen LogP) is 1.81. The van der Waals surface area contributed by atoms with Crippen LogP contribution in [0.1, 0.15) is 41.9 Å². The van der Waals surface area contributed by atoms with Gasteiger partial charge < -0.3 is 0 Å². The van der Waals surface area contributed by atoms with Crippen LogP contribution in [0.4, 0.5) is 0 Å². The molecule has 15 heavy (non-hydrogen) atoms. The van der Waals surface area contributed by atoms with Crippen LogP contribution in [-0.4, -0.2) is 20.4 Å². The summed E-state index contributed by atoms with van der Waals surface area (Å²) in [7, 11) is 0. The van der Waals surface area contributed by atoms with Crippen LogP contribution in [0, 0.1) is 0 Å². The SMILES string of the molecule is CC(=O)c1ccn2nc(C3CC3)nc2c1. The Morgan fingerprint density at radius 1 is 1.53 bits per heavy atom. The Labute approximate surface area is 86.9 Å². The molecule has 2 heterocycles. The summed E-state index contributed by atoms with van der Waals surface area (Å²) in [6.45, 7) is 1.56. The van der Waals surface area contributed by atoms with Crippen molar-refractivity contribution in [2.24, 2.45) is 0 Å². The molecule has 0 spiro atoms. The Morgan fingerprint density at radius 3 is 3.00 bits per heavy atom. The molecule has 1 aliphatic carbocycles. The van der Waals surface area contributed by atoms with Gasteiger partial charge in [-0.05, 0) is 31.9 Å². The van der Waals surface area contributed by atoms with Crippen molar-refractivity contribution in [3.8, 4) is 0 Å². The van der Waals surface area contributed by atoms with E-state index in [1.54, 1.807) is 29.8 Å². The van der Waals surface area contributed by atoms with Crippen molar-refractivity contribution in [3.05, 3.63) is 29.7 Å². The van der Waals surface area contributed by atoms with Crippen LogP contribution in [0.15, 0.2) is 18.3 Å². The Kier molecular flexibility index (Phi) is 1.65. The number of hydrogen-bond donors (Lipinski definition) is 0. The van der Waals surface area contributed by atoms with Gasteiger partial charge >= 0.3 is 0 Å². The van der Waals surface area contributed by atoms with Crippen LogP contribution < -0.4 is 0 Å². The number of aromatic nitrogens is 3. The fourth-order valence-electron chi connectivity index (χ4n) is 1.63. The van der Waals surface area contributed by atoms with Crippen molar-refractivity contribution in [2.45, 2.75) is 25.7 Å². The Morgan fingerprint density at radius 2 is 2.33 bits per heavy atom. The highest BCUT2D eigenvalue weighted by Crippen LogP contribution is 2.38. The summed E-state index contributed by atoms with van der Waals surface area (Å²) in [4.78, 5) is 15.6. The molecular formula is C11H11N3O. The summed E-state index contributed by atoms with van der Waals surface area (Å²) in [5, 5.41) is 4.37. The lowest BCUT2D eigenvalue weighted by molar-refractivity contribution is 0.101. The van der Waals surface area contributed by atoms with Crippen LogP contribution in [0.5, 0.6) is 0 Å². The molecule has 0 amide bonds. The number of Topliss-reactive ketones (excluding diaryl/α,β-unsaturated/α-hetero) is 1. The lowest BCUT2D eigenvalue weighted by atomic mass is 10.2. The highest BCUT2D eigenvalue weighted by molar-refractivity contribution is 5.94. The molecule has 2 aromatic rings. The fourth-order valence-corrected chi connectivity index (χ4v) is 1.63. The van der Waals surface area contributed by atoms with Crippen molar-refractivity contribution < 1.29 is 4.79 Å². The molecule has 0 unspecified atom stereocenters. The molecule has 0 saturated heterocycles. The number of fused-ring (bicyclic) bond motifs is 1. The highest BCUT2D eigenvalue weighted by atomic mass is 16.1. The highest BCUT2D eigenvalue weighted by Gasteiger charge is 2.27. The molecule has 0 atom stereocenters. The van der Waals surface area contributed by atoms with Gasteiger partial charge in [-0.25, -0.2) is 9.50 Å². The van der Waals surface area contributed by atoms with E-state index in [0.29, 0.717) is 11.5 Å². The first-order chi connectivity index (χ1) is 7.24. The average molecular weight is 201 g/mol. The third-order valence-electron chi connectivity index (χ3n) is 2.70. The van der Waals surface area contributed by atoms with Gasteiger partial charge in [0, 0.05) is 17.7 Å². The first-order valence-corrected chi connectivity index (χ1v) is 5.11. The number of rotatable bonds is 2. The Balaban J connectivity index is 2.13. The largest absolute Gasteiger partial charge is 0.295 e. The Hall–Kier alpha value is -1.71. The quantitative estimate of drug-likeness (QED) is 0.696. The number of carbonyl (C=O) groups is 1. The van der Waals surface area contributed by atoms with E-state index >= 15 is 0 Å². The molecule has 0 aliphatic heterocycles. The van der Waals surface area contributed by atoms with Crippen LogP contribution in [0.2, 0.25) is 0 Å². The summed E-state index contributed by atoms with van der Waals surface area (Å²) >= 11 is 0. The second kappa shape index (κ2) is 2.89. The molecule has 0 radical (unpaired) electrons. The minimum atomic E-state index is 0.0634. The summed E-state index contributed by atoms with van der Waals surface area (Å²) < 4.78 is 1.74. The smallest absolute Gasteiger partial charge is 0.159 e. The first-order valence-electron chi connectivity index (χ1n) is 5.11. The topological polar surface area (TPSA) is 47.3 Å². The second-order valence-electron chi connectivity index (χ2n) is 4.02. The van der Waals surface area contributed by atoms with Crippen molar-refractivity contribution in [1.29, 1.82) is 0 Å². The standard InChI is InChI=1S/C11H11N3O/c1-7(15)9-4-5-14-10(6-9)12-11(13-14)8-2-3-8/h4-6,8H,2-3H2,1H3. The summed E-state index contributed by atoms with van der Waals surface area (Å²) in [5.74, 6) is 1.52. The van der Waals surface area contributed by atoms with Gasteiger partial charge in [-0.2, -0.15) is 5.10 Å². The maximum Gasteiger partial charge on any atom is 0.159 e. The second-order valence-corrected chi connectivity index (χ2v) is 4.02. The van der Waals surface area contributed by atoms with Gasteiger partial charge in [0.1, 0.15) is 0 Å². The van der Waals surface area contributed by atoms with Crippen LogP contribution in [-0.2, 0) is 0 Å². The van der Waals surface area contributed by atoms with Crippen LogP contribution >= 0.6 is 0 Å². The van der Waals surface area contributed by atoms with Crippen molar-refractivity contribution in [1.82, 2.24) is 14.6 Å². The zero-order valence-corrected chi connectivity index (χ0v) is 8.47. The molecule has 1 saturated carbocycles. The van der Waals surface area contributed by atoms with E-state index in [1.165, 1.54) is 12.8 Å². The molecule has 3 rings (SSSR count). The molecule has 0 N–H and O–H groups in total. The van der Waals surface area contributed by atoms with E-state index in [1.807, 2.05) is 0 Å². The Bertz CT molecular complexity index is 540. The van der Waals surface area contributed by atoms with Crippen molar-refractivity contribution in [3.63, 3.8) is 0 Å². The third-order valence-corrected chi connectivity index (χ3v) is 2.70. The van der Waals surface area contributed by atoms with Gasteiger partial charge in [0.15, 0.2) is 17.3 Å². The minimum absolute atomic E-state index is 0.0634. The molecule has 4 heteroatoms. The van der Waals surface area contributed by atoms with Crippen molar-refractivity contribution in [2.75, 3.05) is 0 Å². The summed E-state index contributed by atoms with van der Waals surface area (Å²) in [5.41, 5.74) is 1.46. The molecule has 2 aromatic heterocycles. The van der Waals surface area contributed by atoms with E-state index in [-0.39, 0.29) is 5.78 Å². The van der Waals surface area contributed by atoms with Gasteiger partial charge in [0.05, 0.1) is 0 Å². The molecule has 1 fully saturated rings. The van der Waals surface area contributed by atoms with E-state index in [4.69, 9.17) is 0 Å². The summed E-state index contributed by atoms with van der Waals surface area (Å²) in [6, 6.07) is 3.57. The van der Waals surface area contributed by atoms with Crippen molar-refractivity contribution >= 4 is 11.4 Å². The normalized spacial score (nSPS) is 15.8. The number of nitrogens with zero attached hydrogens (tertiary/aromatic N) is 3. The number of ketones is 1. The maximum absolute atomic E-state index is 11.2. The minimum Gasteiger partial charge on any atom is -0.295 e. The molecule has 1 aliphatic rings. The lowest BCUT2D eigenvalue weighted by Gasteiger charge is -1.94. The van der Waals surface area contributed by atoms with Crippen LogP contribution in [0.3, 0.4) is 0 Å². The molecule has 0 aromatic carbocycles. The zero-order chi connectivity index (χ0) is 10.4. The van der Waals surface area contributed by atoms with Gasteiger partial charge in [-0.1, -0.05) is 0 Å². The monoisotopic (exact) mass is 201 g/mol. The zero-order valence-electron chi connectivity index (χ0n) is 8.47. The lowest BCUT2D eigenvalue weighted by Crippen LogP contribution is -1.94. The summed E-state index contributed by atoms with van der Waals surface area (Å²) in [6.07, 6.45) is 4.18. The predicted molar refractivity (Wildman–Crippen MR) is 55.0 cm³/mol. The number of hydrogen-bond acceptors (Lipinski definition) is 3. The van der Waals surface area contributed by atoms with E-state index in [2.05, 4.69) is 10.1 Å². The number of pyridine rings is 1. The van der Waals surface area contributed by atoms with E-state index in [0.717, 1.165) is 11.5 Å². The maximum atomic E-state index is 11.2.